The maximum absolute atomic E-state index is 12.2. The Labute approximate surface area is 144 Å². The predicted molar refractivity (Wildman–Crippen MR) is 92.9 cm³/mol. The van der Waals surface area contributed by atoms with Crippen molar-refractivity contribution >= 4 is 35.2 Å². The molecule has 3 nitrogen and oxygen atoms in total. The van der Waals surface area contributed by atoms with Crippen molar-refractivity contribution in [2.45, 2.75) is 12.5 Å². The summed E-state index contributed by atoms with van der Waals surface area (Å²) in [5.74, 6) is 0.604. The van der Waals surface area contributed by atoms with Crippen molar-refractivity contribution in [3.8, 4) is 5.75 Å². The molecule has 2 aromatic rings. The number of hydrogen-bond donors (Lipinski definition) is 1. The Kier molecular flexibility index (Phi) is 4.89. The van der Waals surface area contributed by atoms with Gasteiger partial charge in [0.25, 0.3) is 0 Å². The highest BCUT2D eigenvalue weighted by molar-refractivity contribution is 6.31. The van der Waals surface area contributed by atoms with E-state index in [9.17, 15) is 4.79 Å². The topological polar surface area (TPSA) is 38.3 Å². The van der Waals surface area contributed by atoms with E-state index in [1.807, 2.05) is 24.3 Å². The molecule has 1 heterocycles. The quantitative estimate of drug-likeness (QED) is 0.821. The predicted octanol–water partition coefficient (Wildman–Crippen LogP) is 4.65. The van der Waals surface area contributed by atoms with Crippen LogP contribution in [0.25, 0.3) is 6.08 Å². The van der Waals surface area contributed by atoms with Crippen molar-refractivity contribution in [2.75, 3.05) is 6.61 Å². The molecule has 0 saturated carbocycles. The average molecular weight is 348 g/mol. The Morgan fingerprint density at radius 3 is 2.83 bits per heavy atom. The molecule has 0 saturated heterocycles. The lowest BCUT2D eigenvalue weighted by molar-refractivity contribution is -0.117. The molecule has 0 spiro atoms. The van der Waals surface area contributed by atoms with Crippen molar-refractivity contribution in [3.63, 3.8) is 0 Å². The van der Waals surface area contributed by atoms with E-state index in [1.54, 1.807) is 24.3 Å². The second kappa shape index (κ2) is 7.07. The van der Waals surface area contributed by atoms with Gasteiger partial charge in [-0.25, -0.2) is 0 Å². The SMILES string of the molecule is O=C(/C=C/c1cccc(Cl)c1)NC1CCOc2ccc(Cl)cc21. The summed E-state index contributed by atoms with van der Waals surface area (Å²) in [4.78, 5) is 12.2. The van der Waals surface area contributed by atoms with Gasteiger partial charge >= 0.3 is 0 Å². The van der Waals surface area contributed by atoms with Gasteiger partial charge in [-0.3, -0.25) is 4.79 Å². The molecular weight excluding hydrogens is 333 g/mol. The molecule has 1 N–H and O–H groups in total. The first-order valence-electron chi connectivity index (χ1n) is 7.28. The van der Waals surface area contributed by atoms with Gasteiger partial charge in [0.2, 0.25) is 5.91 Å². The maximum atomic E-state index is 12.2. The van der Waals surface area contributed by atoms with Gasteiger partial charge in [-0.05, 0) is 42.0 Å². The van der Waals surface area contributed by atoms with Crippen LogP contribution in [0, 0.1) is 0 Å². The Morgan fingerprint density at radius 2 is 2.00 bits per heavy atom. The number of amides is 1. The van der Waals surface area contributed by atoms with Gasteiger partial charge in [0.15, 0.2) is 0 Å². The molecule has 3 rings (SSSR count). The van der Waals surface area contributed by atoms with Crippen molar-refractivity contribution in [1.82, 2.24) is 5.32 Å². The van der Waals surface area contributed by atoms with Crippen LogP contribution in [-0.2, 0) is 4.79 Å². The summed E-state index contributed by atoms with van der Waals surface area (Å²) in [6.45, 7) is 0.567. The van der Waals surface area contributed by atoms with Gasteiger partial charge in [-0.15, -0.1) is 0 Å². The Hall–Kier alpha value is -1.97. The minimum atomic E-state index is -0.164. The van der Waals surface area contributed by atoms with Crippen molar-refractivity contribution < 1.29 is 9.53 Å². The summed E-state index contributed by atoms with van der Waals surface area (Å²) < 4.78 is 5.59. The molecule has 2 aromatic carbocycles. The molecular formula is C18H15Cl2NO2. The van der Waals surface area contributed by atoms with Crippen LogP contribution in [0.3, 0.4) is 0 Å². The Balaban J connectivity index is 1.71. The Morgan fingerprint density at radius 1 is 1.17 bits per heavy atom. The zero-order valence-electron chi connectivity index (χ0n) is 12.3. The minimum Gasteiger partial charge on any atom is -0.493 e. The molecule has 1 atom stereocenters. The van der Waals surface area contributed by atoms with Gasteiger partial charge < -0.3 is 10.1 Å². The lowest BCUT2D eigenvalue weighted by Gasteiger charge is -2.26. The highest BCUT2D eigenvalue weighted by Crippen LogP contribution is 2.33. The van der Waals surface area contributed by atoms with E-state index >= 15 is 0 Å². The van der Waals surface area contributed by atoms with Crippen molar-refractivity contribution in [2.24, 2.45) is 0 Å². The van der Waals surface area contributed by atoms with Crippen molar-refractivity contribution in [3.05, 3.63) is 69.7 Å². The molecule has 23 heavy (non-hydrogen) atoms. The molecule has 0 aromatic heterocycles. The number of fused-ring (bicyclic) bond motifs is 1. The van der Waals surface area contributed by atoms with Crippen LogP contribution < -0.4 is 10.1 Å². The van der Waals surface area contributed by atoms with Crippen LogP contribution in [0.15, 0.2) is 48.5 Å². The van der Waals surface area contributed by atoms with Crippen molar-refractivity contribution in [1.29, 1.82) is 0 Å². The molecule has 0 aliphatic carbocycles. The molecule has 1 unspecified atom stereocenters. The van der Waals surface area contributed by atoms with Gasteiger partial charge in [-0.2, -0.15) is 0 Å². The summed E-state index contributed by atoms with van der Waals surface area (Å²) in [5, 5.41) is 4.26. The van der Waals surface area contributed by atoms with E-state index in [0.717, 1.165) is 16.9 Å². The summed E-state index contributed by atoms with van der Waals surface area (Å²) in [6, 6.07) is 12.7. The number of rotatable bonds is 3. The van der Waals surface area contributed by atoms with Crippen LogP contribution in [-0.4, -0.2) is 12.5 Å². The van der Waals surface area contributed by atoms with Crippen LogP contribution in [0.5, 0.6) is 5.75 Å². The third-order valence-electron chi connectivity index (χ3n) is 3.60. The van der Waals surface area contributed by atoms with E-state index in [1.165, 1.54) is 6.08 Å². The highest BCUT2D eigenvalue weighted by atomic mass is 35.5. The van der Waals surface area contributed by atoms with E-state index in [2.05, 4.69) is 5.32 Å². The second-order valence-electron chi connectivity index (χ2n) is 5.27. The third kappa shape index (κ3) is 4.06. The van der Waals surface area contributed by atoms with Crippen LogP contribution >= 0.6 is 23.2 Å². The molecule has 0 radical (unpaired) electrons. The summed E-state index contributed by atoms with van der Waals surface area (Å²) >= 11 is 12.0. The monoisotopic (exact) mass is 347 g/mol. The lowest BCUT2D eigenvalue weighted by atomic mass is 10.0. The number of nitrogens with one attached hydrogen (secondary N) is 1. The fourth-order valence-corrected chi connectivity index (χ4v) is 2.90. The van der Waals surface area contributed by atoms with Gasteiger partial charge in [0.1, 0.15) is 5.75 Å². The number of carbonyl (C=O) groups is 1. The minimum absolute atomic E-state index is 0.103. The number of carbonyl (C=O) groups excluding carboxylic acids is 1. The van der Waals surface area contributed by atoms with Gasteiger partial charge in [0.05, 0.1) is 12.6 Å². The van der Waals surface area contributed by atoms with Crippen LogP contribution in [0.1, 0.15) is 23.6 Å². The first kappa shape index (κ1) is 15.9. The first-order valence-corrected chi connectivity index (χ1v) is 8.04. The molecule has 1 amide bonds. The molecule has 118 valence electrons. The number of halogens is 2. The maximum Gasteiger partial charge on any atom is 0.244 e. The van der Waals surface area contributed by atoms with E-state index in [4.69, 9.17) is 27.9 Å². The fraction of sp³-hybridized carbons (Fsp3) is 0.167. The van der Waals surface area contributed by atoms with Gasteiger partial charge in [-0.1, -0.05) is 35.3 Å². The molecule has 0 fully saturated rings. The summed E-state index contributed by atoms with van der Waals surface area (Å²) in [7, 11) is 0. The number of hydrogen-bond acceptors (Lipinski definition) is 2. The molecule has 0 bridgehead atoms. The molecule has 1 aliphatic rings. The standard InChI is InChI=1S/C18H15Cl2NO2/c19-13-3-1-2-12(10-13)4-7-18(22)21-16-8-9-23-17-6-5-14(20)11-15(16)17/h1-7,10-11,16H,8-9H2,(H,21,22)/b7-4+. The highest BCUT2D eigenvalue weighted by Gasteiger charge is 2.22. The third-order valence-corrected chi connectivity index (χ3v) is 4.07. The zero-order valence-corrected chi connectivity index (χ0v) is 13.8. The smallest absolute Gasteiger partial charge is 0.244 e. The van der Waals surface area contributed by atoms with Crippen LogP contribution in [0.2, 0.25) is 10.0 Å². The normalized spacial score (nSPS) is 16.7. The number of ether oxygens (including phenoxy) is 1. The lowest BCUT2D eigenvalue weighted by Crippen LogP contribution is -2.30. The summed E-state index contributed by atoms with van der Waals surface area (Å²) in [5.41, 5.74) is 1.79. The van der Waals surface area contributed by atoms with Crippen LogP contribution in [0.4, 0.5) is 0 Å². The van der Waals surface area contributed by atoms with Gasteiger partial charge in [0, 0.05) is 28.1 Å². The van der Waals surface area contributed by atoms with E-state index in [0.29, 0.717) is 23.1 Å². The molecule has 5 heteroatoms. The zero-order chi connectivity index (χ0) is 16.2. The molecule has 1 aliphatic heterocycles. The van der Waals surface area contributed by atoms with E-state index < -0.39 is 0 Å². The summed E-state index contributed by atoms with van der Waals surface area (Å²) in [6.07, 6.45) is 3.95. The largest absolute Gasteiger partial charge is 0.493 e. The second-order valence-corrected chi connectivity index (χ2v) is 6.14. The van der Waals surface area contributed by atoms with E-state index in [-0.39, 0.29) is 11.9 Å². The first-order chi connectivity index (χ1) is 11.1. The average Bonchev–Trinajstić information content (AvgIpc) is 2.54. The fourth-order valence-electron chi connectivity index (χ4n) is 2.52. The number of benzene rings is 2. The Bertz CT molecular complexity index is 758.